The Morgan fingerprint density at radius 2 is 2.15 bits per heavy atom. The third kappa shape index (κ3) is 2.37. The molecule has 0 aliphatic heterocycles. The van der Waals surface area contributed by atoms with Gasteiger partial charge in [-0.25, -0.2) is 4.98 Å². The summed E-state index contributed by atoms with van der Waals surface area (Å²) in [5, 5.41) is 0. The number of nitrogen functional groups attached to an aromatic ring is 1. The molecule has 1 aromatic carbocycles. The number of nitrogens with two attached hydrogens (primary N) is 1. The van der Waals surface area contributed by atoms with E-state index in [2.05, 4.69) is 33.6 Å². The Hall–Kier alpha value is -2.36. The first-order chi connectivity index (χ1) is 9.78. The largest absolute Gasteiger partial charge is 0.399 e. The molecule has 3 rings (SSSR count). The van der Waals surface area contributed by atoms with Crippen LogP contribution in [0.3, 0.4) is 0 Å². The van der Waals surface area contributed by atoms with Gasteiger partial charge in [0, 0.05) is 31.0 Å². The molecular formula is C16H18N4. The molecule has 0 saturated carbocycles. The lowest BCUT2D eigenvalue weighted by molar-refractivity contribution is 0.673. The Morgan fingerprint density at radius 1 is 1.25 bits per heavy atom. The number of nitrogens with zero attached hydrogens (tertiary/aromatic N) is 3. The van der Waals surface area contributed by atoms with Gasteiger partial charge in [-0.2, -0.15) is 0 Å². The third-order valence-electron chi connectivity index (χ3n) is 3.51. The minimum absolute atomic E-state index is 0.761. The lowest BCUT2D eigenvalue weighted by Crippen LogP contribution is -2.05. The molecule has 20 heavy (non-hydrogen) atoms. The van der Waals surface area contributed by atoms with Crippen molar-refractivity contribution < 1.29 is 0 Å². The lowest BCUT2D eigenvalue weighted by Gasteiger charge is -2.08. The van der Waals surface area contributed by atoms with E-state index in [1.54, 1.807) is 6.20 Å². The molecule has 0 fully saturated rings. The maximum Gasteiger partial charge on any atom is 0.109 e. The number of hydrogen-bond donors (Lipinski definition) is 1. The van der Waals surface area contributed by atoms with E-state index in [1.807, 2.05) is 24.4 Å². The van der Waals surface area contributed by atoms with E-state index in [4.69, 9.17) is 5.73 Å². The average molecular weight is 266 g/mol. The number of rotatable bonds is 4. The first kappa shape index (κ1) is 12.7. The molecule has 3 aromatic rings. The predicted molar refractivity (Wildman–Crippen MR) is 81.5 cm³/mol. The minimum Gasteiger partial charge on any atom is -0.399 e. The van der Waals surface area contributed by atoms with Crippen molar-refractivity contribution >= 4 is 16.7 Å². The van der Waals surface area contributed by atoms with Gasteiger partial charge >= 0.3 is 0 Å². The molecule has 0 spiro atoms. The fraction of sp³-hybridized carbons (Fsp3) is 0.250. The van der Waals surface area contributed by atoms with Gasteiger partial charge in [-0.3, -0.25) is 4.98 Å². The monoisotopic (exact) mass is 266 g/mol. The second-order valence-corrected chi connectivity index (χ2v) is 4.89. The number of imidazole rings is 1. The summed E-state index contributed by atoms with van der Waals surface area (Å²) in [5.74, 6) is 1.11. The molecule has 0 atom stereocenters. The molecule has 0 unspecified atom stereocenters. The van der Waals surface area contributed by atoms with Crippen molar-refractivity contribution in [2.75, 3.05) is 5.73 Å². The van der Waals surface area contributed by atoms with E-state index < -0.39 is 0 Å². The van der Waals surface area contributed by atoms with Crippen LogP contribution in [-0.4, -0.2) is 14.5 Å². The zero-order valence-electron chi connectivity index (χ0n) is 11.6. The summed E-state index contributed by atoms with van der Waals surface area (Å²) in [6, 6.07) is 10.0. The Balaban J connectivity index is 1.93. The summed E-state index contributed by atoms with van der Waals surface area (Å²) in [5.41, 5.74) is 9.97. The van der Waals surface area contributed by atoms with E-state index in [9.17, 15) is 0 Å². The SMILES string of the molecule is CCc1nc2cc(N)ccc2n1CCc1cccnc1. The van der Waals surface area contributed by atoms with Crippen LogP contribution in [0.2, 0.25) is 0 Å². The van der Waals surface area contributed by atoms with Crippen LogP contribution >= 0.6 is 0 Å². The van der Waals surface area contributed by atoms with Crippen LogP contribution in [0.4, 0.5) is 5.69 Å². The third-order valence-corrected chi connectivity index (χ3v) is 3.51. The molecule has 4 nitrogen and oxygen atoms in total. The summed E-state index contributed by atoms with van der Waals surface area (Å²) in [6.07, 6.45) is 5.59. The summed E-state index contributed by atoms with van der Waals surface area (Å²) in [6.45, 7) is 3.04. The molecule has 2 heterocycles. The number of hydrogen-bond acceptors (Lipinski definition) is 3. The highest BCUT2D eigenvalue weighted by atomic mass is 15.1. The predicted octanol–water partition coefficient (Wildman–Crippen LogP) is 2.82. The van der Waals surface area contributed by atoms with E-state index in [0.717, 1.165) is 41.9 Å². The van der Waals surface area contributed by atoms with Gasteiger partial charge in [0.05, 0.1) is 11.0 Å². The number of benzene rings is 1. The molecule has 4 heteroatoms. The highest BCUT2D eigenvalue weighted by molar-refractivity contribution is 5.79. The smallest absolute Gasteiger partial charge is 0.109 e. The Bertz CT molecular complexity index is 716. The second kappa shape index (κ2) is 5.33. The molecular weight excluding hydrogens is 248 g/mol. The van der Waals surface area contributed by atoms with Crippen molar-refractivity contribution in [3.8, 4) is 0 Å². The van der Waals surface area contributed by atoms with Gasteiger partial charge in [0.1, 0.15) is 5.82 Å². The van der Waals surface area contributed by atoms with Gasteiger partial charge in [-0.05, 0) is 36.2 Å². The molecule has 2 N–H and O–H groups in total. The number of aryl methyl sites for hydroxylation is 3. The number of pyridine rings is 1. The topological polar surface area (TPSA) is 56.7 Å². The quantitative estimate of drug-likeness (QED) is 0.739. The first-order valence-electron chi connectivity index (χ1n) is 6.91. The van der Waals surface area contributed by atoms with E-state index in [-0.39, 0.29) is 0 Å². The van der Waals surface area contributed by atoms with Crippen molar-refractivity contribution in [1.29, 1.82) is 0 Å². The van der Waals surface area contributed by atoms with Crippen LogP contribution in [0.1, 0.15) is 18.3 Å². The Kier molecular flexibility index (Phi) is 3.37. The fourth-order valence-electron chi connectivity index (χ4n) is 2.50. The maximum absolute atomic E-state index is 5.83. The highest BCUT2D eigenvalue weighted by Crippen LogP contribution is 2.20. The first-order valence-corrected chi connectivity index (χ1v) is 6.91. The van der Waals surface area contributed by atoms with Gasteiger partial charge in [-0.15, -0.1) is 0 Å². The molecule has 2 aromatic heterocycles. The molecule has 0 aliphatic rings. The summed E-state index contributed by atoms with van der Waals surface area (Å²) in [4.78, 5) is 8.83. The highest BCUT2D eigenvalue weighted by Gasteiger charge is 2.09. The van der Waals surface area contributed by atoms with Crippen molar-refractivity contribution in [3.05, 3.63) is 54.1 Å². The van der Waals surface area contributed by atoms with Crippen LogP contribution in [0.15, 0.2) is 42.7 Å². The standard InChI is InChI=1S/C16H18N4/c1-2-16-19-14-10-13(17)5-6-15(14)20(16)9-7-12-4-3-8-18-11-12/h3-6,8,10-11H,2,7,9,17H2,1H3. The van der Waals surface area contributed by atoms with Crippen LogP contribution in [0.5, 0.6) is 0 Å². The normalized spacial score (nSPS) is 11.1. The van der Waals surface area contributed by atoms with Crippen molar-refractivity contribution in [2.45, 2.75) is 26.3 Å². The van der Waals surface area contributed by atoms with Gasteiger partial charge in [0.15, 0.2) is 0 Å². The van der Waals surface area contributed by atoms with Crippen molar-refractivity contribution in [3.63, 3.8) is 0 Å². The number of aromatic nitrogens is 3. The molecule has 0 amide bonds. The zero-order chi connectivity index (χ0) is 13.9. The Morgan fingerprint density at radius 3 is 2.90 bits per heavy atom. The molecule has 0 radical (unpaired) electrons. The van der Waals surface area contributed by atoms with Crippen molar-refractivity contribution in [2.24, 2.45) is 0 Å². The van der Waals surface area contributed by atoms with E-state index >= 15 is 0 Å². The fourth-order valence-corrected chi connectivity index (χ4v) is 2.50. The van der Waals surface area contributed by atoms with E-state index in [0.29, 0.717) is 0 Å². The minimum atomic E-state index is 0.761. The Labute approximate surface area is 118 Å². The summed E-state index contributed by atoms with van der Waals surface area (Å²) >= 11 is 0. The van der Waals surface area contributed by atoms with Crippen molar-refractivity contribution in [1.82, 2.24) is 14.5 Å². The van der Waals surface area contributed by atoms with Gasteiger partial charge in [0.25, 0.3) is 0 Å². The molecule has 0 saturated heterocycles. The zero-order valence-corrected chi connectivity index (χ0v) is 11.6. The maximum atomic E-state index is 5.83. The molecule has 0 aliphatic carbocycles. The summed E-state index contributed by atoms with van der Waals surface area (Å²) in [7, 11) is 0. The average Bonchev–Trinajstić information content (AvgIpc) is 2.83. The van der Waals surface area contributed by atoms with Crippen LogP contribution < -0.4 is 5.73 Å². The number of anilines is 1. The van der Waals surface area contributed by atoms with Crippen LogP contribution in [-0.2, 0) is 19.4 Å². The van der Waals surface area contributed by atoms with Gasteiger partial charge in [0.2, 0.25) is 0 Å². The lowest BCUT2D eigenvalue weighted by atomic mass is 10.2. The van der Waals surface area contributed by atoms with Gasteiger partial charge in [-0.1, -0.05) is 13.0 Å². The van der Waals surface area contributed by atoms with Crippen LogP contribution in [0, 0.1) is 0 Å². The van der Waals surface area contributed by atoms with Gasteiger partial charge < -0.3 is 10.3 Å². The van der Waals surface area contributed by atoms with E-state index in [1.165, 1.54) is 5.56 Å². The molecule has 0 bridgehead atoms. The number of fused-ring (bicyclic) bond motifs is 1. The molecule has 102 valence electrons. The summed E-state index contributed by atoms with van der Waals surface area (Å²) < 4.78 is 2.28. The van der Waals surface area contributed by atoms with Crippen LogP contribution in [0.25, 0.3) is 11.0 Å². The second-order valence-electron chi connectivity index (χ2n) is 4.89.